The smallest absolute Gasteiger partial charge is 0.290 e. The fraction of sp³-hybridized carbons (Fsp3) is 0.500. The van der Waals surface area contributed by atoms with Crippen LogP contribution >= 0.6 is 11.3 Å². The van der Waals surface area contributed by atoms with Gasteiger partial charge in [0.25, 0.3) is 12.4 Å². The Kier molecular flexibility index (Phi) is 8.00. The lowest BCUT2D eigenvalue weighted by molar-refractivity contribution is -0.122. The summed E-state index contributed by atoms with van der Waals surface area (Å²) in [6.07, 6.45) is 9.44. The second kappa shape index (κ2) is 10.7. The summed E-state index contributed by atoms with van der Waals surface area (Å²) in [7, 11) is 1.90. The van der Waals surface area contributed by atoms with Gasteiger partial charge in [-0.1, -0.05) is 6.08 Å². The number of ether oxygens (including phenoxy) is 1. The Balaban J connectivity index is 0.000000858. The van der Waals surface area contributed by atoms with Crippen molar-refractivity contribution in [3.63, 3.8) is 0 Å². The number of likely N-dealkylation sites (tertiary alicyclic amines) is 1. The Morgan fingerprint density at radius 3 is 2.84 bits per heavy atom. The number of nitrogens with zero attached hydrogens (tertiary/aromatic N) is 3. The minimum absolute atomic E-state index is 0.0162. The lowest BCUT2D eigenvalue weighted by Gasteiger charge is -2.43. The number of piperidine rings is 1. The molecule has 0 unspecified atom stereocenters. The van der Waals surface area contributed by atoms with E-state index < -0.39 is 0 Å². The van der Waals surface area contributed by atoms with Gasteiger partial charge in [0.1, 0.15) is 0 Å². The Morgan fingerprint density at radius 1 is 1.45 bits per heavy atom. The highest BCUT2D eigenvalue weighted by molar-refractivity contribution is 7.14. The van der Waals surface area contributed by atoms with Gasteiger partial charge in [-0.2, -0.15) is 5.10 Å². The molecule has 1 spiro atoms. The van der Waals surface area contributed by atoms with Gasteiger partial charge in [-0.15, -0.1) is 17.9 Å². The molecule has 1 fully saturated rings. The maximum Gasteiger partial charge on any atom is 0.290 e. The summed E-state index contributed by atoms with van der Waals surface area (Å²) >= 11 is 1.63. The highest BCUT2D eigenvalue weighted by atomic mass is 32.1. The quantitative estimate of drug-likeness (QED) is 0.522. The Morgan fingerprint density at radius 2 is 2.19 bits per heavy atom. The molecular weight excluding hydrogens is 416 g/mol. The van der Waals surface area contributed by atoms with Crippen LogP contribution in [0.25, 0.3) is 0 Å². The summed E-state index contributed by atoms with van der Waals surface area (Å²) in [6.45, 7) is 7.90. The molecule has 2 aliphatic rings. The van der Waals surface area contributed by atoms with Crippen molar-refractivity contribution in [2.75, 3.05) is 32.8 Å². The van der Waals surface area contributed by atoms with Crippen LogP contribution in [-0.2, 0) is 35.0 Å². The molecule has 0 atom stereocenters. The molecule has 2 aromatic heterocycles. The van der Waals surface area contributed by atoms with Crippen LogP contribution in [0.4, 0.5) is 0 Å². The molecular formula is C22H30N4O4S. The number of carboxylic acid groups (broad SMARTS) is 1. The van der Waals surface area contributed by atoms with E-state index in [1.165, 1.54) is 10.4 Å². The van der Waals surface area contributed by atoms with Crippen LogP contribution in [0, 0.1) is 0 Å². The molecule has 2 N–H and O–H groups in total. The highest BCUT2D eigenvalue weighted by Crippen LogP contribution is 2.44. The number of hydrogen-bond donors (Lipinski definition) is 2. The molecule has 8 nitrogen and oxygen atoms in total. The maximum atomic E-state index is 12.7. The van der Waals surface area contributed by atoms with Gasteiger partial charge in [0, 0.05) is 50.7 Å². The van der Waals surface area contributed by atoms with Gasteiger partial charge in [0.2, 0.25) is 0 Å². The van der Waals surface area contributed by atoms with Crippen molar-refractivity contribution in [1.29, 1.82) is 0 Å². The predicted octanol–water partition coefficient (Wildman–Crippen LogP) is 2.20. The standard InChI is InChI=1S/C21H28N4O2S.CH2O2/c1-3-9-25-10-6-21(7-11-25)17-13-19(28-18(17)5-12-27-21)20(26)22-8-4-16-14-23-24(2)15-16;2-1-3/h3,13-15H,1,4-12H2,2H3,(H,22,26);1H,(H,2,3). The van der Waals surface area contributed by atoms with E-state index in [4.69, 9.17) is 14.6 Å². The van der Waals surface area contributed by atoms with Crippen LogP contribution in [0.15, 0.2) is 31.1 Å². The second-order valence-electron chi connectivity index (χ2n) is 7.76. The van der Waals surface area contributed by atoms with Crippen molar-refractivity contribution in [2.45, 2.75) is 31.3 Å². The molecule has 31 heavy (non-hydrogen) atoms. The predicted molar refractivity (Wildman–Crippen MR) is 119 cm³/mol. The average Bonchev–Trinajstić information content (AvgIpc) is 3.38. The van der Waals surface area contributed by atoms with Gasteiger partial charge in [-0.25, -0.2) is 0 Å². The van der Waals surface area contributed by atoms with Crippen LogP contribution in [0.1, 0.15) is 38.5 Å². The first-order valence-electron chi connectivity index (χ1n) is 10.5. The van der Waals surface area contributed by atoms with Crippen molar-refractivity contribution in [2.24, 2.45) is 7.05 Å². The van der Waals surface area contributed by atoms with Crippen molar-refractivity contribution in [1.82, 2.24) is 20.0 Å². The van der Waals surface area contributed by atoms with Gasteiger partial charge in [0.05, 0.1) is 23.3 Å². The van der Waals surface area contributed by atoms with Crippen molar-refractivity contribution in [3.8, 4) is 0 Å². The summed E-state index contributed by atoms with van der Waals surface area (Å²) in [5, 5.41) is 14.1. The van der Waals surface area contributed by atoms with Crippen LogP contribution in [0.2, 0.25) is 0 Å². The van der Waals surface area contributed by atoms with E-state index in [1.54, 1.807) is 16.0 Å². The zero-order chi connectivity index (χ0) is 22.3. The monoisotopic (exact) mass is 446 g/mol. The van der Waals surface area contributed by atoms with E-state index in [0.717, 1.165) is 62.4 Å². The summed E-state index contributed by atoms with van der Waals surface area (Å²) in [6, 6.07) is 2.09. The number of nitrogens with one attached hydrogen (secondary N) is 1. The van der Waals surface area contributed by atoms with Gasteiger partial charge >= 0.3 is 0 Å². The molecule has 0 bridgehead atoms. The molecule has 9 heteroatoms. The van der Waals surface area contributed by atoms with Crippen LogP contribution in [0.3, 0.4) is 0 Å². The molecule has 1 saturated heterocycles. The van der Waals surface area contributed by atoms with E-state index in [0.29, 0.717) is 6.54 Å². The van der Waals surface area contributed by atoms with E-state index in [-0.39, 0.29) is 18.0 Å². The van der Waals surface area contributed by atoms with Crippen LogP contribution in [0.5, 0.6) is 0 Å². The van der Waals surface area contributed by atoms with Crippen molar-refractivity contribution < 1.29 is 19.4 Å². The minimum Gasteiger partial charge on any atom is -0.483 e. The Hall–Kier alpha value is -2.49. The normalized spacial score (nSPS) is 17.3. The van der Waals surface area contributed by atoms with Crippen LogP contribution in [-0.4, -0.2) is 65.0 Å². The lowest BCUT2D eigenvalue weighted by Crippen LogP contribution is -2.46. The SMILES string of the molecule is C=CCN1CCC2(CC1)OCCc1sc(C(=O)NCCc3cnn(C)c3)cc12.O=CO. The molecule has 4 rings (SSSR count). The van der Waals surface area contributed by atoms with Crippen molar-refractivity contribution >= 4 is 23.7 Å². The third kappa shape index (κ3) is 5.61. The number of hydrogen-bond acceptors (Lipinski definition) is 6. The first kappa shape index (κ1) is 23.2. The lowest BCUT2D eigenvalue weighted by atomic mass is 9.82. The zero-order valence-corrected chi connectivity index (χ0v) is 18.7. The highest BCUT2D eigenvalue weighted by Gasteiger charge is 2.42. The van der Waals surface area contributed by atoms with Gasteiger partial charge < -0.3 is 15.2 Å². The molecule has 2 aromatic rings. The van der Waals surface area contributed by atoms with Crippen LogP contribution < -0.4 is 5.32 Å². The number of thiophene rings is 1. The molecule has 0 aliphatic carbocycles. The largest absolute Gasteiger partial charge is 0.483 e. The van der Waals surface area contributed by atoms with E-state index in [2.05, 4.69) is 28.0 Å². The fourth-order valence-corrected chi connectivity index (χ4v) is 5.38. The first-order chi connectivity index (χ1) is 15.0. The molecule has 168 valence electrons. The number of aryl methyl sites for hydroxylation is 1. The first-order valence-corrected chi connectivity index (χ1v) is 11.3. The minimum atomic E-state index is -0.250. The third-order valence-corrected chi connectivity index (χ3v) is 6.93. The number of aromatic nitrogens is 2. The van der Waals surface area contributed by atoms with Gasteiger partial charge in [0.15, 0.2) is 0 Å². The number of fused-ring (bicyclic) bond motifs is 2. The number of carbonyl (C=O) groups is 2. The number of amides is 1. The third-order valence-electron chi connectivity index (χ3n) is 5.74. The second-order valence-corrected chi connectivity index (χ2v) is 8.90. The van der Waals surface area contributed by atoms with E-state index in [9.17, 15) is 4.79 Å². The summed E-state index contributed by atoms with van der Waals surface area (Å²) in [5.74, 6) is 0.0162. The molecule has 0 aromatic carbocycles. The van der Waals surface area contributed by atoms with E-state index >= 15 is 0 Å². The van der Waals surface area contributed by atoms with Crippen molar-refractivity contribution in [3.05, 3.63) is 52.0 Å². The topological polar surface area (TPSA) is 96.7 Å². The summed E-state index contributed by atoms with van der Waals surface area (Å²) in [4.78, 5) is 25.6. The molecule has 1 amide bonds. The Bertz CT molecular complexity index is 899. The number of carbonyl (C=O) groups excluding carboxylic acids is 1. The average molecular weight is 447 g/mol. The summed E-state index contributed by atoms with van der Waals surface area (Å²) in [5.41, 5.74) is 2.17. The molecule has 0 radical (unpaired) electrons. The summed E-state index contributed by atoms with van der Waals surface area (Å²) < 4.78 is 8.09. The van der Waals surface area contributed by atoms with Gasteiger partial charge in [-0.05, 0) is 36.5 Å². The molecule has 0 saturated carbocycles. The molecule has 4 heterocycles. The fourth-order valence-electron chi connectivity index (χ4n) is 4.23. The molecule has 2 aliphatic heterocycles. The Labute approximate surface area is 186 Å². The van der Waals surface area contributed by atoms with E-state index in [1.807, 2.05) is 25.5 Å². The number of rotatable bonds is 6. The van der Waals surface area contributed by atoms with Gasteiger partial charge in [-0.3, -0.25) is 19.2 Å². The maximum absolute atomic E-state index is 12.7. The zero-order valence-electron chi connectivity index (χ0n) is 17.9.